The van der Waals surface area contributed by atoms with E-state index < -0.39 is 52.9 Å². The van der Waals surface area contributed by atoms with Gasteiger partial charge < -0.3 is 9.47 Å². The Kier molecular flexibility index (Phi) is 5.18. The summed E-state index contributed by atoms with van der Waals surface area (Å²) >= 11 is 0. The average molecular weight is 436 g/mol. The van der Waals surface area contributed by atoms with Gasteiger partial charge in [-0.15, -0.1) is 0 Å². The Balaban J connectivity index is 1.57. The molecular formula is C22H10F6O3. The molecule has 0 aromatic heterocycles. The van der Waals surface area contributed by atoms with Gasteiger partial charge in [-0.3, -0.25) is 4.79 Å². The molecule has 0 saturated heterocycles. The molecule has 31 heavy (non-hydrogen) atoms. The minimum Gasteiger partial charge on any atom is -0.489 e. The van der Waals surface area contributed by atoms with Crippen molar-refractivity contribution in [3.8, 4) is 11.5 Å². The van der Waals surface area contributed by atoms with Crippen LogP contribution in [0, 0.1) is 34.9 Å². The predicted molar refractivity (Wildman–Crippen MR) is 96.3 cm³/mol. The number of allylic oxidation sites excluding steroid dienone is 1. The summed E-state index contributed by atoms with van der Waals surface area (Å²) in [5, 5.41) is 0. The van der Waals surface area contributed by atoms with E-state index in [-0.39, 0.29) is 28.4 Å². The van der Waals surface area contributed by atoms with Crippen LogP contribution in [0.25, 0.3) is 6.08 Å². The van der Waals surface area contributed by atoms with Crippen LogP contribution in [0.15, 0.2) is 48.2 Å². The van der Waals surface area contributed by atoms with Crippen LogP contribution in [-0.4, -0.2) is 5.78 Å². The lowest BCUT2D eigenvalue weighted by atomic mass is 10.1. The van der Waals surface area contributed by atoms with Gasteiger partial charge in [-0.2, -0.15) is 0 Å². The van der Waals surface area contributed by atoms with Crippen molar-refractivity contribution in [2.45, 2.75) is 6.61 Å². The van der Waals surface area contributed by atoms with Gasteiger partial charge in [0.25, 0.3) is 0 Å². The van der Waals surface area contributed by atoms with E-state index in [1.807, 2.05) is 0 Å². The lowest BCUT2D eigenvalue weighted by molar-refractivity contribution is 0.101. The Morgan fingerprint density at radius 3 is 2.16 bits per heavy atom. The van der Waals surface area contributed by atoms with Gasteiger partial charge in [0.2, 0.25) is 11.6 Å². The quantitative estimate of drug-likeness (QED) is 0.227. The fraction of sp³-hybridized carbons (Fsp3) is 0.0455. The van der Waals surface area contributed by atoms with Crippen molar-refractivity contribution in [2.75, 3.05) is 0 Å². The summed E-state index contributed by atoms with van der Waals surface area (Å²) in [6, 6.07) is 9.49. The van der Waals surface area contributed by atoms with Crippen LogP contribution >= 0.6 is 0 Å². The Bertz CT molecular complexity index is 1220. The fourth-order valence-electron chi connectivity index (χ4n) is 2.92. The summed E-state index contributed by atoms with van der Waals surface area (Å²) in [6.07, 6.45) is 1.22. The molecule has 0 unspecified atom stereocenters. The monoisotopic (exact) mass is 436 g/mol. The zero-order valence-corrected chi connectivity index (χ0v) is 15.3. The first kappa shape index (κ1) is 20.5. The normalized spacial score (nSPS) is 14.0. The second kappa shape index (κ2) is 7.82. The number of benzene rings is 3. The maximum atomic E-state index is 13.8. The SMILES string of the molecule is O=C1/C(=C/c2ccccc2F)Oc2cc(OCc3c(F)c(F)c(F)c(F)c3F)ccc21. The molecular weight excluding hydrogens is 426 g/mol. The molecule has 0 spiro atoms. The number of rotatable bonds is 4. The number of hydrogen-bond acceptors (Lipinski definition) is 3. The van der Waals surface area contributed by atoms with Crippen molar-refractivity contribution in [3.05, 3.63) is 99.8 Å². The molecule has 4 rings (SSSR count). The zero-order valence-electron chi connectivity index (χ0n) is 15.3. The van der Waals surface area contributed by atoms with Crippen molar-refractivity contribution in [1.82, 2.24) is 0 Å². The second-order valence-electron chi connectivity index (χ2n) is 6.46. The van der Waals surface area contributed by atoms with E-state index in [1.165, 1.54) is 42.5 Å². The summed E-state index contributed by atoms with van der Waals surface area (Å²) in [5.41, 5.74) is -0.887. The molecule has 0 N–H and O–H groups in total. The first-order valence-electron chi connectivity index (χ1n) is 8.74. The summed E-state index contributed by atoms with van der Waals surface area (Å²) < 4.78 is 91.6. The van der Waals surface area contributed by atoms with Crippen LogP contribution in [0.4, 0.5) is 26.3 Å². The molecule has 3 aromatic carbocycles. The molecule has 3 aromatic rings. The molecule has 0 bridgehead atoms. The Morgan fingerprint density at radius 2 is 1.48 bits per heavy atom. The number of carbonyl (C=O) groups excluding carboxylic acids is 1. The van der Waals surface area contributed by atoms with E-state index in [1.54, 1.807) is 6.07 Å². The fourth-order valence-corrected chi connectivity index (χ4v) is 2.92. The van der Waals surface area contributed by atoms with E-state index in [9.17, 15) is 31.1 Å². The topological polar surface area (TPSA) is 35.5 Å². The highest BCUT2D eigenvalue weighted by atomic mass is 19.2. The predicted octanol–water partition coefficient (Wildman–Crippen LogP) is 5.72. The van der Waals surface area contributed by atoms with Crippen molar-refractivity contribution in [2.24, 2.45) is 0 Å². The highest BCUT2D eigenvalue weighted by Crippen LogP contribution is 2.35. The molecule has 0 radical (unpaired) electrons. The number of halogens is 6. The summed E-state index contributed by atoms with van der Waals surface area (Å²) in [5.74, 6) is -11.7. The van der Waals surface area contributed by atoms with E-state index in [0.29, 0.717) is 0 Å². The van der Waals surface area contributed by atoms with E-state index >= 15 is 0 Å². The molecule has 0 aliphatic carbocycles. The third kappa shape index (κ3) is 3.63. The number of fused-ring (bicyclic) bond motifs is 1. The minimum atomic E-state index is -2.27. The number of ether oxygens (including phenoxy) is 2. The van der Waals surface area contributed by atoms with Crippen LogP contribution in [0.5, 0.6) is 11.5 Å². The standard InChI is InChI=1S/C22H10F6O3/c23-14-4-2-1-3-10(14)7-16-22(29)12-6-5-11(8-15(12)31-16)30-9-13-17(24)19(26)21(28)20(27)18(13)25/h1-8H,9H2/b16-7-. The minimum absolute atomic E-state index is 0.0301. The van der Waals surface area contributed by atoms with Gasteiger partial charge in [0.15, 0.2) is 29.0 Å². The highest BCUT2D eigenvalue weighted by Gasteiger charge is 2.29. The molecule has 0 saturated carbocycles. The Labute approximate surface area is 171 Å². The van der Waals surface area contributed by atoms with Crippen LogP contribution in [-0.2, 0) is 6.61 Å². The number of hydrogen-bond donors (Lipinski definition) is 0. The van der Waals surface area contributed by atoms with Crippen LogP contribution < -0.4 is 9.47 Å². The van der Waals surface area contributed by atoms with Crippen molar-refractivity contribution in [3.63, 3.8) is 0 Å². The van der Waals surface area contributed by atoms with E-state index in [2.05, 4.69) is 0 Å². The van der Waals surface area contributed by atoms with Gasteiger partial charge >= 0.3 is 0 Å². The Morgan fingerprint density at radius 1 is 0.839 bits per heavy atom. The third-order valence-corrected chi connectivity index (χ3v) is 4.52. The van der Waals surface area contributed by atoms with Gasteiger partial charge in [-0.25, -0.2) is 26.3 Å². The van der Waals surface area contributed by atoms with Crippen molar-refractivity contribution in [1.29, 1.82) is 0 Å². The second-order valence-corrected chi connectivity index (χ2v) is 6.46. The molecule has 158 valence electrons. The van der Waals surface area contributed by atoms with Crippen molar-refractivity contribution < 1.29 is 40.6 Å². The first-order chi connectivity index (χ1) is 14.8. The smallest absolute Gasteiger partial charge is 0.231 e. The highest BCUT2D eigenvalue weighted by molar-refractivity contribution is 6.14. The van der Waals surface area contributed by atoms with Crippen LogP contribution in [0.3, 0.4) is 0 Å². The molecule has 9 heteroatoms. The molecule has 0 amide bonds. The van der Waals surface area contributed by atoms with Gasteiger partial charge in [-0.1, -0.05) is 18.2 Å². The first-order valence-corrected chi connectivity index (χ1v) is 8.74. The third-order valence-electron chi connectivity index (χ3n) is 4.52. The van der Waals surface area contributed by atoms with Gasteiger partial charge in [-0.05, 0) is 24.3 Å². The number of carbonyl (C=O) groups is 1. The summed E-state index contributed by atoms with van der Waals surface area (Å²) in [7, 11) is 0. The maximum Gasteiger partial charge on any atom is 0.231 e. The average Bonchev–Trinajstić information content (AvgIpc) is 3.07. The van der Waals surface area contributed by atoms with Crippen molar-refractivity contribution >= 4 is 11.9 Å². The van der Waals surface area contributed by atoms with E-state index in [0.717, 1.165) is 0 Å². The summed E-state index contributed by atoms with van der Waals surface area (Å²) in [4.78, 5) is 12.4. The van der Waals surface area contributed by atoms with Gasteiger partial charge in [0.1, 0.15) is 23.9 Å². The molecule has 1 heterocycles. The zero-order chi connectivity index (χ0) is 22.3. The molecule has 0 atom stereocenters. The number of Topliss-reactive ketones (excluding diaryl/α,β-unsaturated/α-hetero) is 1. The van der Waals surface area contributed by atoms with Crippen LogP contribution in [0.2, 0.25) is 0 Å². The molecule has 0 fully saturated rings. The lowest BCUT2D eigenvalue weighted by Crippen LogP contribution is -2.09. The Hall–Kier alpha value is -3.75. The number of ketones is 1. The molecule has 3 nitrogen and oxygen atoms in total. The largest absolute Gasteiger partial charge is 0.489 e. The molecule has 1 aliphatic heterocycles. The van der Waals surface area contributed by atoms with Gasteiger partial charge in [0.05, 0.1) is 11.1 Å². The maximum absolute atomic E-state index is 13.8. The van der Waals surface area contributed by atoms with Crippen LogP contribution in [0.1, 0.15) is 21.5 Å². The summed E-state index contributed by atoms with van der Waals surface area (Å²) in [6.45, 7) is -0.962. The lowest BCUT2D eigenvalue weighted by Gasteiger charge is -2.10. The van der Waals surface area contributed by atoms with Gasteiger partial charge in [0, 0.05) is 11.6 Å². The molecule has 1 aliphatic rings. The van der Waals surface area contributed by atoms with E-state index in [4.69, 9.17) is 9.47 Å².